The van der Waals surface area contributed by atoms with Crippen molar-refractivity contribution in [2.75, 3.05) is 7.05 Å². The predicted molar refractivity (Wildman–Crippen MR) is 75.4 cm³/mol. The number of carbonyl (C=O) groups excluding carboxylic acids is 1. The smallest absolute Gasteiger partial charge is 0.293 e. The molecule has 1 heterocycles. The van der Waals surface area contributed by atoms with Gasteiger partial charge in [-0.25, -0.2) is 4.98 Å². The van der Waals surface area contributed by atoms with Gasteiger partial charge in [0.05, 0.1) is 12.1 Å². The molecule has 1 aliphatic rings. The Bertz CT molecular complexity index is 478. The first-order chi connectivity index (χ1) is 9.30. The number of hydrogen-bond donors (Lipinski definition) is 2. The monoisotopic (exact) mass is 280 g/mol. The first kappa shape index (κ1) is 15.0. The molecule has 0 radical (unpaired) electrons. The molecule has 6 heteroatoms. The van der Waals surface area contributed by atoms with E-state index in [9.17, 15) is 9.90 Å². The number of aromatic amines is 1. The normalized spacial score (nSPS) is 23.6. The van der Waals surface area contributed by atoms with Crippen molar-refractivity contribution < 1.29 is 9.90 Å². The van der Waals surface area contributed by atoms with E-state index in [-0.39, 0.29) is 23.2 Å². The molecule has 112 valence electrons. The fraction of sp³-hybridized carbons (Fsp3) is 0.786. The summed E-state index contributed by atoms with van der Waals surface area (Å²) in [5, 5.41) is 16.9. The van der Waals surface area contributed by atoms with Crippen molar-refractivity contribution in [2.24, 2.45) is 0 Å². The van der Waals surface area contributed by atoms with E-state index in [1.54, 1.807) is 11.9 Å². The van der Waals surface area contributed by atoms with Gasteiger partial charge in [0.15, 0.2) is 0 Å². The van der Waals surface area contributed by atoms with Crippen molar-refractivity contribution in [3.63, 3.8) is 0 Å². The summed E-state index contributed by atoms with van der Waals surface area (Å²) >= 11 is 0. The maximum absolute atomic E-state index is 12.4. The second-order valence-corrected chi connectivity index (χ2v) is 6.59. The van der Waals surface area contributed by atoms with Gasteiger partial charge in [-0.2, -0.15) is 0 Å². The number of carbonyl (C=O) groups is 1. The lowest BCUT2D eigenvalue weighted by molar-refractivity contribution is 0.0261. The number of amides is 1. The van der Waals surface area contributed by atoms with Gasteiger partial charge in [-0.3, -0.25) is 9.89 Å². The number of nitrogens with zero attached hydrogens (tertiary/aromatic N) is 3. The number of aliphatic hydroxyl groups excluding tert-OH is 1. The molecule has 1 saturated carbocycles. The summed E-state index contributed by atoms with van der Waals surface area (Å²) in [6.45, 7) is 6.03. The van der Waals surface area contributed by atoms with E-state index in [1.807, 2.05) is 20.8 Å². The second-order valence-electron chi connectivity index (χ2n) is 6.59. The molecule has 1 fully saturated rings. The van der Waals surface area contributed by atoms with Crippen LogP contribution in [0.1, 0.15) is 62.9 Å². The molecule has 0 aliphatic heterocycles. The minimum atomic E-state index is -0.446. The molecule has 2 N–H and O–H groups in total. The zero-order chi connectivity index (χ0) is 14.9. The lowest BCUT2D eigenvalue weighted by Crippen LogP contribution is -2.46. The average molecular weight is 280 g/mol. The van der Waals surface area contributed by atoms with Gasteiger partial charge in [0, 0.05) is 12.5 Å². The molecular weight excluding hydrogens is 256 g/mol. The van der Waals surface area contributed by atoms with Crippen molar-refractivity contribution in [3.05, 3.63) is 11.6 Å². The van der Waals surface area contributed by atoms with Crippen LogP contribution in [0, 0.1) is 0 Å². The Morgan fingerprint density at radius 2 is 2.00 bits per heavy atom. The standard InChI is InChI=1S/C14H24N4O2/c1-14(2,3)13-15-11(16-17-13)12(20)18(4)9-7-5-6-8-10(9)19/h9-10,19H,5-8H2,1-4H3,(H,15,16,17). The van der Waals surface area contributed by atoms with E-state index in [2.05, 4.69) is 15.2 Å². The van der Waals surface area contributed by atoms with E-state index in [1.165, 1.54) is 0 Å². The number of nitrogens with one attached hydrogen (secondary N) is 1. The number of hydrogen-bond acceptors (Lipinski definition) is 4. The van der Waals surface area contributed by atoms with Gasteiger partial charge >= 0.3 is 0 Å². The average Bonchev–Trinajstić information content (AvgIpc) is 2.87. The molecule has 1 aromatic rings. The van der Waals surface area contributed by atoms with Crippen LogP contribution in [0.4, 0.5) is 0 Å². The highest BCUT2D eigenvalue weighted by atomic mass is 16.3. The van der Waals surface area contributed by atoms with E-state index >= 15 is 0 Å². The number of H-pyrrole nitrogens is 1. The number of aromatic nitrogens is 3. The Morgan fingerprint density at radius 3 is 2.55 bits per heavy atom. The molecule has 20 heavy (non-hydrogen) atoms. The van der Waals surface area contributed by atoms with Crippen LogP contribution in [-0.4, -0.2) is 50.3 Å². The zero-order valence-corrected chi connectivity index (χ0v) is 12.7. The molecule has 0 bridgehead atoms. The Morgan fingerprint density at radius 1 is 1.35 bits per heavy atom. The van der Waals surface area contributed by atoms with Crippen molar-refractivity contribution in [2.45, 2.75) is 64.0 Å². The predicted octanol–water partition coefficient (Wildman–Crippen LogP) is 1.48. The molecule has 2 unspecified atom stereocenters. The van der Waals surface area contributed by atoms with E-state index in [0.717, 1.165) is 25.7 Å². The minimum absolute atomic E-state index is 0.132. The van der Waals surface area contributed by atoms with E-state index in [4.69, 9.17) is 0 Å². The van der Waals surface area contributed by atoms with E-state index < -0.39 is 6.10 Å². The number of likely N-dealkylation sites (N-methyl/N-ethyl adjacent to an activating group) is 1. The van der Waals surface area contributed by atoms with Crippen LogP contribution < -0.4 is 0 Å². The highest BCUT2D eigenvalue weighted by molar-refractivity contribution is 5.90. The van der Waals surface area contributed by atoms with Crippen LogP contribution >= 0.6 is 0 Å². The fourth-order valence-electron chi connectivity index (χ4n) is 2.54. The van der Waals surface area contributed by atoms with Gasteiger partial charge in [-0.05, 0) is 12.8 Å². The number of rotatable bonds is 2. The van der Waals surface area contributed by atoms with Gasteiger partial charge in [0.25, 0.3) is 5.91 Å². The van der Waals surface area contributed by atoms with Gasteiger partial charge in [-0.1, -0.05) is 33.6 Å². The summed E-state index contributed by atoms with van der Waals surface area (Å²) < 4.78 is 0. The lowest BCUT2D eigenvalue weighted by atomic mass is 9.91. The first-order valence-corrected chi connectivity index (χ1v) is 7.19. The molecule has 6 nitrogen and oxygen atoms in total. The molecule has 1 aromatic heterocycles. The molecule has 0 saturated heterocycles. The van der Waals surface area contributed by atoms with Gasteiger partial charge in [0.2, 0.25) is 5.82 Å². The van der Waals surface area contributed by atoms with Crippen molar-refractivity contribution in [1.82, 2.24) is 20.1 Å². The van der Waals surface area contributed by atoms with Crippen LogP contribution in [0.2, 0.25) is 0 Å². The summed E-state index contributed by atoms with van der Waals surface area (Å²) in [5.41, 5.74) is -0.172. The lowest BCUT2D eigenvalue weighted by Gasteiger charge is -2.34. The summed E-state index contributed by atoms with van der Waals surface area (Å²) in [6.07, 6.45) is 3.21. The highest BCUT2D eigenvalue weighted by Crippen LogP contribution is 2.23. The largest absolute Gasteiger partial charge is 0.391 e. The maximum Gasteiger partial charge on any atom is 0.293 e. The van der Waals surface area contributed by atoms with Gasteiger partial charge in [-0.15, -0.1) is 5.10 Å². The Labute approximate surface area is 119 Å². The Balaban J connectivity index is 2.12. The van der Waals surface area contributed by atoms with Gasteiger partial charge < -0.3 is 10.0 Å². The van der Waals surface area contributed by atoms with Crippen molar-refractivity contribution in [3.8, 4) is 0 Å². The SMILES string of the molecule is CN(C(=O)c1n[nH]c(C(C)(C)C)n1)C1CCCCC1O. The van der Waals surface area contributed by atoms with Crippen molar-refractivity contribution >= 4 is 5.91 Å². The van der Waals surface area contributed by atoms with Crippen LogP contribution in [0.5, 0.6) is 0 Å². The minimum Gasteiger partial charge on any atom is -0.391 e. The van der Waals surface area contributed by atoms with Crippen molar-refractivity contribution in [1.29, 1.82) is 0 Å². The topological polar surface area (TPSA) is 82.1 Å². The Hall–Kier alpha value is -1.43. The van der Waals surface area contributed by atoms with Crippen LogP contribution in [0.25, 0.3) is 0 Å². The molecule has 1 aliphatic carbocycles. The zero-order valence-electron chi connectivity index (χ0n) is 12.7. The Kier molecular flexibility index (Phi) is 4.13. The van der Waals surface area contributed by atoms with Gasteiger partial charge in [0.1, 0.15) is 5.82 Å². The molecule has 1 amide bonds. The molecule has 2 rings (SSSR count). The quantitative estimate of drug-likeness (QED) is 0.859. The molecular formula is C14H24N4O2. The summed E-state index contributed by atoms with van der Waals surface area (Å²) in [7, 11) is 1.72. The second kappa shape index (κ2) is 5.52. The maximum atomic E-state index is 12.4. The molecule has 0 spiro atoms. The summed E-state index contributed by atoms with van der Waals surface area (Å²) in [5.74, 6) is 0.636. The fourth-order valence-corrected chi connectivity index (χ4v) is 2.54. The van der Waals surface area contributed by atoms with Crippen LogP contribution in [0.15, 0.2) is 0 Å². The first-order valence-electron chi connectivity index (χ1n) is 7.19. The highest BCUT2D eigenvalue weighted by Gasteiger charge is 2.32. The third kappa shape index (κ3) is 3.00. The molecule has 2 atom stereocenters. The van der Waals surface area contributed by atoms with E-state index in [0.29, 0.717) is 5.82 Å². The molecule has 0 aromatic carbocycles. The third-order valence-electron chi connectivity index (χ3n) is 3.90. The summed E-state index contributed by atoms with van der Waals surface area (Å²) in [4.78, 5) is 18.3. The van der Waals surface area contributed by atoms with Crippen LogP contribution in [-0.2, 0) is 5.41 Å². The third-order valence-corrected chi connectivity index (χ3v) is 3.90. The summed E-state index contributed by atoms with van der Waals surface area (Å²) in [6, 6.07) is -0.132. The van der Waals surface area contributed by atoms with Crippen LogP contribution in [0.3, 0.4) is 0 Å². The number of aliphatic hydroxyl groups is 1.